The van der Waals surface area contributed by atoms with Crippen molar-refractivity contribution >= 4 is 17.5 Å². The topological polar surface area (TPSA) is 61.8 Å². The summed E-state index contributed by atoms with van der Waals surface area (Å²) in [6.07, 6.45) is 3.21. The Hall–Kier alpha value is -2.74. The standard InChI is InChI=1S/C19H22FN5O2/c20-16-1-3-17(4-2-16)23-5-7-25(8-6-23)19-21-13-15(14-22-19)18(26)24-9-11-27-12-10-24/h1-4,13-14H,5-12H2. The number of halogens is 1. The van der Waals surface area contributed by atoms with Gasteiger partial charge in [0.15, 0.2) is 0 Å². The minimum Gasteiger partial charge on any atom is -0.378 e. The average Bonchev–Trinajstić information content (AvgIpc) is 2.75. The summed E-state index contributed by atoms with van der Waals surface area (Å²) in [5.41, 5.74) is 1.52. The number of amides is 1. The second kappa shape index (κ2) is 7.87. The molecule has 2 fully saturated rings. The first-order valence-electron chi connectivity index (χ1n) is 9.15. The number of carbonyl (C=O) groups is 1. The van der Waals surface area contributed by atoms with E-state index in [4.69, 9.17) is 4.74 Å². The number of anilines is 2. The summed E-state index contributed by atoms with van der Waals surface area (Å²) in [6, 6.07) is 6.56. The Morgan fingerprint density at radius 1 is 0.889 bits per heavy atom. The van der Waals surface area contributed by atoms with E-state index in [-0.39, 0.29) is 11.7 Å². The molecule has 3 heterocycles. The van der Waals surface area contributed by atoms with Gasteiger partial charge in [-0.1, -0.05) is 0 Å². The Labute approximate surface area is 157 Å². The molecule has 0 unspecified atom stereocenters. The lowest BCUT2D eigenvalue weighted by Crippen LogP contribution is -2.47. The molecule has 7 nitrogen and oxygen atoms in total. The highest BCUT2D eigenvalue weighted by Crippen LogP contribution is 2.19. The molecule has 0 saturated carbocycles. The fraction of sp³-hybridized carbons (Fsp3) is 0.421. The third-order valence-electron chi connectivity index (χ3n) is 4.94. The summed E-state index contributed by atoms with van der Waals surface area (Å²) >= 11 is 0. The Morgan fingerprint density at radius 2 is 1.48 bits per heavy atom. The molecule has 2 aromatic rings. The van der Waals surface area contributed by atoms with Crippen molar-refractivity contribution in [1.82, 2.24) is 14.9 Å². The second-order valence-electron chi connectivity index (χ2n) is 6.63. The van der Waals surface area contributed by atoms with Crippen molar-refractivity contribution in [2.75, 3.05) is 62.3 Å². The fourth-order valence-electron chi connectivity index (χ4n) is 3.36. The van der Waals surface area contributed by atoms with Gasteiger partial charge in [0.2, 0.25) is 5.95 Å². The average molecular weight is 371 g/mol. The predicted octanol–water partition coefficient (Wildman–Crippen LogP) is 1.41. The Kier molecular flexibility index (Phi) is 5.15. The Balaban J connectivity index is 1.36. The van der Waals surface area contributed by atoms with Crippen LogP contribution < -0.4 is 9.80 Å². The number of piperazine rings is 1. The van der Waals surface area contributed by atoms with Crippen LogP contribution in [0.1, 0.15) is 10.4 Å². The highest BCUT2D eigenvalue weighted by molar-refractivity contribution is 5.93. The summed E-state index contributed by atoms with van der Waals surface area (Å²) < 4.78 is 18.3. The molecule has 0 bridgehead atoms. The van der Waals surface area contributed by atoms with Gasteiger partial charge in [0.1, 0.15) is 5.82 Å². The van der Waals surface area contributed by atoms with Crippen LogP contribution >= 0.6 is 0 Å². The van der Waals surface area contributed by atoms with Gasteiger partial charge in [-0.25, -0.2) is 14.4 Å². The maximum atomic E-state index is 13.1. The highest BCUT2D eigenvalue weighted by atomic mass is 19.1. The Bertz CT molecular complexity index is 770. The summed E-state index contributed by atoms with van der Waals surface area (Å²) in [5.74, 6) is 0.357. The smallest absolute Gasteiger partial charge is 0.257 e. The first-order chi connectivity index (χ1) is 13.2. The van der Waals surface area contributed by atoms with E-state index in [1.807, 2.05) is 0 Å². The van der Waals surface area contributed by atoms with Crippen LogP contribution in [0.2, 0.25) is 0 Å². The molecule has 0 aliphatic carbocycles. The van der Waals surface area contributed by atoms with E-state index in [1.165, 1.54) is 12.1 Å². The van der Waals surface area contributed by atoms with Crippen LogP contribution in [-0.2, 0) is 4.74 Å². The third kappa shape index (κ3) is 4.00. The van der Waals surface area contributed by atoms with E-state index in [2.05, 4.69) is 19.8 Å². The number of hydrogen-bond donors (Lipinski definition) is 0. The molecule has 142 valence electrons. The van der Waals surface area contributed by atoms with Crippen molar-refractivity contribution in [3.63, 3.8) is 0 Å². The highest BCUT2D eigenvalue weighted by Gasteiger charge is 2.22. The zero-order valence-electron chi connectivity index (χ0n) is 15.1. The molecule has 0 radical (unpaired) electrons. The van der Waals surface area contributed by atoms with E-state index < -0.39 is 0 Å². The van der Waals surface area contributed by atoms with Crippen molar-refractivity contribution in [2.45, 2.75) is 0 Å². The van der Waals surface area contributed by atoms with Crippen LogP contribution in [0, 0.1) is 5.82 Å². The fourth-order valence-corrected chi connectivity index (χ4v) is 3.36. The molecule has 4 rings (SSSR count). The minimum absolute atomic E-state index is 0.0500. The SMILES string of the molecule is O=C(c1cnc(N2CCN(c3ccc(F)cc3)CC2)nc1)N1CCOCC1. The van der Waals surface area contributed by atoms with E-state index >= 15 is 0 Å². The van der Waals surface area contributed by atoms with E-state index in [0.717, 1.165) is 31.9 Å². The molecule has 0 atom stereocenters. The van der Waals surface area contributed by atoms with Gasteiger partial charge in [-0.2, -0.15) is 0 Å². The monoisotopic (exact) mass is 371 g/mol. The molecule has 2 aliphatic rings. The number of morpholine rings is 1. The number of carbonyl (C=O) groups excluding carboxylic acids is 1. The van der Waals surface area contributed by atoms with Gasteiger partial charge >= 0.3 is 0 Å². The van der Waals surface area contributed by atoms with Gasteiger partial charge in [0.05, 0.1) is 18.8 Å². The molecule has 0 spiro atoms. The van der Waals surface area contributed by atoms with Crippen molar-refractivity contribution in [3.05, 3.63) is 48.0 Å². The predicted molar refractivity (Wildman–Crippen MR) is 99.6 cm³/mol. The van der Waals surface area contributed by atoms with Crippen molar-refractivity contribution in [3.8, 4) is 0 Å². The molecular formula is C19H22FN5O2. The third-order valence-corrected chi connectivity index (χ3v) is 4.94. The number of ether oxygens (including phenoxy) is 1. The summed E-state index contributed by atoms with van der Waals surface area (Å²) in [7, 11) is 0. The van der Waals surface area contributed by atoms with Crippen LogP contribution in [0.3, 0.4) is 0 Å². The first kappa shape index (κ1) is 17.7. The number of aromatic nitrogens is 2. The molecule has 27 heavy (non-hydrogen) atoms. The van der Waals surface area contributed by atoms with E-state index in [0.29, 0.717) is 37.8 Å². The van der Waals surface area contributed by atoms with Gasteiger partial charge in [0.25, 0.3) is 5.91 Å². The molecule has 8 heteroatoms. The number of rotatable bonds is 3. The summed E-state index contributed by atoms with van der Waals surface area (Å²) in [5, 5.41) is 0. The summed E-state index contributed by atoms with van der Waals surface area (Å²) in [6.45, 7) is 5.51. The van der Waals surface area contributed by atoms with Crippen LogP contribution in [0.25, 0.3) is 0 Å². The van der Waals surface area contributed by atoms with Crippen molar-refractivity contribution < 1.29 is 13.9 Å². The zero-order chi connectivity index (χ0) is 18.6. The van der Waals surface area contributed by atoms with E-state index in [1.54, 1.807) is 29.4 Å². The minimum atomic E-state index is -0.225. The molecular weight excluding hydrogens is 349 g/mol. The largest absolute Gasteiger partial charge is 0.378 e. The van der Waals surface area contributed by atoms with Gasteiger partial charge in [-0.3, -0.25) is 4.79 Å². The Morgan fingerprint density at radius 3 is 2.11 bits per heavy atom. The molecule has 1 aromatic carbocycles. The maximum absolute atomic E-state index is 13.1. The normalized spacial score (nSPS) is 17.9. The van der Waals surface area contributed by atoms with Gasteiger partial charge in [-0.05, 0) is 24.3 Å². The van der Waals surface area contributed by atoms with Gasteiger partial charge < -0.3 is 19.4 Å². The van der Waals surface area contributed by atoms with E-state index in [9.17, 15) is 9.18 Å². The molecule has 2 saturated heterocycles. The number of hydrogen-bond acceptors (Lipinski definition) is 6. The van der Waals surface area contributed by atoms with Crippen LogP contribution in [0.5, 0.6) is 0 Å². The lowest BCUT2D eigenvalue weighted by Gasteiger charge is -2.36. The van der Waals surface area contributed by atoms with Crippen LogP contribution in [-0.4, -0.2) is 73.3 Å². The first-order valence-corrected chi connectivity index (χ1v) is 9.15. The van der Waals surface area contributed by atoms with Gasteiger partial charge in [0, 0.05) is 57.3 Å². The van der Waals surface area contributed by atoms with Crippen molar-refractivity contribution in [2.24, 2.45) is 0 Å². The second-order valence-corrected chi connectivity index (χ2v) is 6.63. The van der Waals surface area contributed by atoms with Gasteiger partial charge in [-0.15, -0.1) is 0 Å². The van der Waals surface area contributed by atoms with Crippen LogP contribution in [0.15, 0.2) is 36.7 Å². The number of benzene rings is 1. The van der Waals surface area contributed by atoms with Crippen LogP contribution in [0.4, 0.5) is 16.0 Å². The summed E-state index contributed by atoms with van der Waals surface area (Å²) in [4.78, 5) is 27.3. The number of nitrogens with zero attached hydrogens (tertiary/aromatic N) is 5. The zero-order valence-corrected chi connectivity index (χ0v) is 15.1. The van der Waals surface area contributed by atoms with Crippen molar-refractivity contribution in [1.29, 1.82) is 0 Å². The molecule has 1 aromatic heterocycles. The molecule has 1 amide bonds. The molecule has 2 aliphatic heterocycles. The maximum Gasteiger partial charge on any atom is 0.257 e. The lowest BCUT2D eigenvalue weighted by molar-refractivity contribution is 0.0302. The quantitative estimate of drug-likeness (QED) is 0.813. The lowest BCUT2D eigenvalue weighted by atomic mass is 10.2. The molecule has 0 N–H and O–H groups in total.